The number of esters is 1. The Morgan fingerprint density at radius 1 is 1.08 bits per heavy atom. The molecule has 1 aliphatic heterocycles. The summed E-state index contributed by atoms with van der Waals surface area (Å²) in [5.41, 5.74) is 0.758. The van der Waals surface area contributed by atoms with E-state index in [1.807, 2.05) is 6.07 Å². The van der Waals surface area contributed by atoms with E-state index >= 15 is 0 Å². The van der Waals surface area contributed by atoms with Crippen LogP contribution in [0.15, 0.2) is 30.3 Å². The van der Waals surface area contributed by atoms with Crippen molar-refractivity contribution in [2.45, 2.75) is 62.9 Å². The predicted molar refractivity (Wildman–Crippen MR) is 94.8 cm³/mol. The largest absolute Gasteiger partial charge is 0.461 e. The first-order valence-electron chi connectivity index (χ1n) is 9.77. The summed E-state index contributed by atoms with van der Waals surface area (Å²) >= 11 is 0. The van der Waals surface area contributed by atoms with Gasteiger partial charge >= 0.3 is 5.97 Å². The third-order valence-electron chi connectivity index (χ3n) is 6.61. The molecule has 130 valence electrons. The highest BCUT2D eigenvalue weighted by Gasteiger charge is 2.48. The second kappa shape index (κ2) is 6.87. The summed E-state index contributed by atoms with van der Waals surface area (Å²) in [5.74, 6) is 1.37. The van der Waals surface area contributed by atoms with Crippen LogP contribution in [0.4, 0.5) is 0 Å². The third-order valence-corrected chi connectivity index (χ3v) is 6.61. The van der Waals surface area contributed by atoms with E-state index in [9.17, 15) is 4.79 Å². The van der Waals surface area contributed by atoms with Gasteiger partial charge in [0.1, 0.15) is 6.10 Å². The zero-order valence-electron chi connectivity index (χ0n) is 14.5. The van der Waals surface area contributed by atoms with Gasteiger partial charge in [0.05, 0.1) is 5.41 Å². The Balaban J connectivity index is 1.53. The standard InChI is InChI=1S/C21H29NO2/c23-20(24-19-14-16-15-22-13-10-18(16)19)21(11-6-1-2-7-12-21)17-8-4-3-5-9-17/h3-5,8-9,16,18-19,22H,1-2,6-7,10-15H2. The molecule has 0 aromatic heterocycles. The number of rotatable bonds is 3. The second-order valence-corrected chi connectivity index (χ2v) is 7.96. The average Bonchev–Trinajstić information content (AvgIpc) is 2.87. The first kappa shape index (κ1) is 16.1. The number of nitrogens with one attached hydrogen (secondary N) is 1. The number of ether oxygens (including phenoxy) is 1. The number of carbonyl (C=O) groups is 1. The molecule has 3 unspecified atom stereocenters. The summed E-state index contributed by atoms with van der Waals surface area (Å²) in [7, 11) is 0. The molecule has 1 saturated heterocycles. The normalized spacial score (nSPS) is 32.1. The molecule has 0 spiro atoms. The Morgan fingerprint density at radius 2 is 1.83 bits per heavy atom. The van der Waals surface area contributed by atoms with Crippen LogP contribution in [0.25, 0.3) is 0 Å². The Morgan fingerprint density at radius 3 is 2.54 bits per heavy atom. The topological polar surface area (TPSA) is 38.3 Å². The molecule has 3 fully saturated rings. The highest BCUT2D eigenvalue weighted by molar-refractivity contribution is 5.83. The summed E-state index contributed by atoms with van der Waals surface area (Å²) in [6.07, 6.45) is 8.98. The van der Waals surface area contributed by atoms with Crippen LogP contribution in [-0.2, 0) is 14.9 Å². The number of carbonyl (C=O) groups excluding carboxylic acids is 1. The average molecular weight is 327 g/mol. The van der Waals surface area contributed by atoms with Crippen molar-refractivity contribution in [3.05, 3.63) is 35.9 Å². The third kappa shape index (κ3) is 2.88. The molecule has 1 heterocycles. The Kier molecular flexibility index (Phi) is 4.62. The molecule has 3 nitrogen and oxygen atoms in total. The Labute approximate surface area is 145 Å². The van der Waals surface area contributed by atoms with Crippen molar-refractivity contribution in [2.24, 2.45) is 11.8 Å². The van der Waals surface area contributed by atoms with Gasteiger partial charge in [-0.25, -0.2) is 0 Å². The van der Waals surface area contributed by atoms with Gasteiger partial charge in [-0.3, -0.25) is 4.79 Å². The highest BCUT2D eigenvalue weighted by Crippen LogP contribution is 2.44. The van der Waals surface area contributed by atoms with Crippen LogP contribution in [0.5, 0.6) is 0 Å². The smallest absolute Gasteiger partial charge is 0.316 e. The van der Waals surface area contributed by atoms with Crippen LogP contribution in [0.1, 0.15) is 56.9 Å². The van der Waals surface area contributed by atoms with Gasteiger partial charge < -0.3 is 10.1 Å². The molecule has 3 aliphatic rings. The molecule has 0 amide bonds. The maximum atomic E-state index is 13.3. The van der Waals surface area contributed by atoms with Gasteiger partial charge in [0.15, 0.2) is 0 Å². The Bertz CT molecular complexity index is 562. The van der Waals surface area contributed by atoms with Crippen molar-refractivity contribution in [3.8, 4) is 0 Å². The summed E-state index contributed by atoms with van der Waals surface area (Å²) < 4.78 is 6.14. The zero-order chi connectivity index (χ0) is 16.4. The van der Waals surface area contributed by atoms with Crippen LogP contribution in [0, 0.1) is 11.8 Å². The number of fused-ring (bicyclic) bond motifs is 1. The van der Waals surface area contributed by atoms with E-state index in [4.69, 9.17) is 4.74 Å². The summed E-state index contributed by atoms with van der Waals surface area (Å²) in [5, 5.41) is 3.45. The minimum atomic E-state index is -0.407. The van der Waals surface area contributed by atoms with Crippen LogP contribution in [0.2, 0.25) is 0 Å². The molecule has 4 rings (SSSR count). The van der Waals surface area contributed by atoms with Gasteiger partial charge in [0.25, 0.3) is 0 Å². The van der Waals surface area contributed by atoms with Crippen LogP contribution in [-0.4, -0.2) is 25.2 Å². The van der Waals surface area contributed by atoms with E-state index < -0.39 is 5.41 Å². The fourth-order valence-corrected chi connectivity index (χ4v) is 5.05. The SMILES string of the molecule is O=C(OC1CC2CNCCC21)C1(c2ccccc2)CCCCCC1. The van der Waals surface area contributed by atoms with Gasteiger partial charge in [-0.05, 0) is 50.3 Å². The molecule has 0 bridgehead atoms. The van der Waals surface area contributed by atoms with E-state index in [2.05, 4.69) is 29.6 Å². The van der Waals surface area contributed by atoms with Gasteiger partial charge in [0.2, 0.25) is 0 Å². The van der Waals surface area contributed by atoms with E-state index in [0.717, 1.165) is 63.1 Å². The minimum absolute atomic E-state index is 0.0533. The maximum Gasteiger partial charge on any atom is 0.316 e. The first-order chi connectivity index (χ1) is 11.8. The van der Waals surface area contributed by atoms with Crippen molar-refractivity contribution in [1.82, 2.24) is 5.32 Å². The molecule has 1 aromatic rings. The maximum absolute atomic E-state index is 13.3. The highest BCUT2D eigenvalue weighted by atomic mass is 16.5. The fourth-order valence-electron chi connectivity index (χ4n) is 5.05. The molecular formula is C21H29NO2. The summed E-state index contributed by atoms with van der Waals surface area (Å²) in [6.45, 7) is 2.17. The quantitative estimate of drug-likeness (QED) is 0.677. The number of benzene rings is 1. The number of piperidine rings is 1. The molecule has 1 N–H and O–H groups in total. The van der Waals surface area contributed by atoms with Crippen molar-refractivity contribution in [1.29, 1.82) is 0 Å². The fraction of sp³-hybridized carbons (Fsp3) is 0.667. The second-order valence-electron chi connectivity index (χ2n) is 7.96. The van der Waals surface area contributed by atoms with E-state index in [1.54, 1.807) is 0 Å². The molecule has 2 saturated carbocycles. The molecule has 0 radical (unpaired) electrons. The predicted octanol–water partition coefficient (Wildman–Crippen LogP) is 3.82. The summed E-state index contributed by atoms with van der Waals surface area (Å²) in [6, 6.07) is 10.4. The molecule has 1 aromatic carbocycles. The molecule has 3 atom stereocenters. The molecule has 2 aliphatic carbocycles. The monoisotopic (exact) mass is 327 g/mol. The lowest BCUT2D eigenvalue weighted by molar-refractivity contribution is -0.173. The number of hydrogen-bond donors (Lipinski definition) is 1. The lowest BCUT2D eigenvalue weighted by atomic mass is 9.67. The van der Waals surface area contributed by atoms with Gasteiger partial charge in [-0.2, -0.15) is 0 Å². The van der Waals surface area contributed by atoms with Gasteiger partial charge in [0, 0.05) is 5.92 Å². The van der Waals surface area contributed by atoms with Gasteiger partial charge in [-0.15, -0.1) is 0 Å². The van der Waals surface area contributed by atoms with Crippen molar-refractivity contribution in [3.63, 3.8) is 0 Å². The molecule has 3 heteroatoms. The van der Waals surface area contributed by atoms with Crippen molar-refractivity contribution >= 4 is 5.97 Å². The lowest BCUT2D eigenvalue weighted by Gasteiger charge is -2.48. The van der Waals surface area contributed by atoms with Crippen LogP contribution < -0.4 is 5.32 Å². The molecule has 24 heavy (non-hydrogen) atoms. The van der Waals surface area contributed by atoms with E-state index in [1.165, 1.54) is 12.8 Å². The molecular weight excluding hydrogens is 298 g/mol. The first-order valence-corrected chi connectivity index (χ1v) is 9.77. The van der Waals surface area contributed by atoms with Crippen molar-refractivity contribution in [2.75, 3.05) is 13.1 Å². The Hall–Kier alpha value is -1.35. The van der Waals surface area contributed by atoms with E-state index in [0.29, 0.717) is 5.92 Å². The van der Waals surface area contributed by atoms with Crippen LogP contribution in [0.3, 0.4) is 0 Å². The van der Waals surface area contributed by atoms with Crippen molar-refractivity contribution < 1.29 is 9.53 Å². The van der Waals surface area contributed by atoms with E-state index in [-0.39, 0.29) is 12.1 Å². The zero-order valence-corrected chi connectivity index (χ0v) is 14.5. The minimum Gasteiger partial charge on any atom is -0.461 e. The van der Waals surface area contributed by atoms with Crippen LogP contribution >= 0.6 is 0 Å². The van der Waals surface area contributed by atoms with Gasteiger partial charge in [-0.1, -0.05) is 56.0 Å². The lowest BCUT2D eigenvalue weighted by Crippen LogP contribution is -2.54. The summed E-state index contributed by atoms with van der Waals surface area (Å²) in [4.78, 5) is 13.3. The number of hydrogen-bond acceptors (Lipinski definition) is 3.